The number of imidazole rings is 1. The quantitative estimate of drug-likeness (QED) is 0.329. The van der Waals surface area contributed by atoms with Gasteiger partial charge in [-0.2, -0.15) is 0 Å². The third-order valence-corrected chi connectivity index (χ3v) is 6.31. The molecular weight excluding hydrogens is 476 g/mol. The first kappa shape index (κ1) is 22.4. The Labute approximate surface area is 209 Å². The number of fused-ring (bicyclic) bond motifs is 2. The third kappa shape index (κ3) is 3.49. The van der Waals surface area contributed by atoms with Gasteiger partial charge in [-0.25, -0.2) is 4.98 Å². The fourth-order valence-corrected chi connectivity index (χ4v) is 4.57. The van der Waals surface area contributed by atoms with E-state index in [0.717, 1.165) is 5.39 Å². The number of aliphatic hydroxyl groups is 1. The number of H-pyrrole nitrogens is 1. The molecule has 0 spiro atoms. The van der Waals surface area contributed by atoms with E-state index < -0.39 is 23.5 Å². The second kappa shape index (κ2) is 8.52. The van der Waals surface area contributed by atoms with Crippen LogP contribution in [0.5, 0.6) is 11.5 Å². The van der Waals surface area contributed by atoms with Crippen LogP contribution < -0.4 is 14.4 Å². The topological polar surface area (TPSA) is 131 Å². The van der Waals surface area contributed by atoms with Crippen LogP contribution in [0.3, 0.4) is 0 Å². The summed E-state index contributed by atoms with van der Waals surface area (Å²) in [5, 5.41) is 11.7. The van der Waals surface area contributed by atoms with Gasteiger partial charge in [0.05, 0.1) is 36.9 Å². The summed E-state index contributed by atoms with van der Waals surface area (Å²) in [6, 6.07) is 14.5. The van der Waals surface area contributed by atoms with Gasteiger partial charge in [-0.3, -0.25) is 19.5 Å². The summed E-state index contributed by atoms with van der Waals surface area (Å²) < 4.78 is 16.5. The molecule has 1 aliphatic rings. The number of aromatic nitrogens is 3. The molecule has 0 aliphatic carbocycles. The number of pyridine rings is 1. The minimum atomic E-state index is -1.01. The number of carbonyl (C=O) groups excluding carboxylic acids is 2. The van der Waals surface area contributed by atoms with Gasteiger partial charge in [-0.05, 0) is 23.8 Å². The summed E-state index contributed by atoms with van der Waals surface area (Å²) in [5.74, 6) is -1.01. The maximum Gasteiger partial charge on any atom is 0.296 e. The molecule has 1 unspecified atom stereocenters. The molecule has 1 aliphatic heterocycles. The molecule has 184 valence electrons. The minimum absolute atomic E-state index is 0.00497. The number of methoxy groups -OCH3 is 2. The predicted octanol–water partition coefficient (Wildman–Crippen LogP) is 4.50. The molecule has 0 radical (unpaired) electrons. The van der Waals surface area contributed by atoms with E-state index in [9.17, 15) is 14.7 Å². The molecule has 0 fully saturated rings. The number of aromatic amines is 1. The molecule has 3 aromatic heterocycles. The monoisotopic (exact) mass is 496 g/mol. The van der Waals surface area contributed by atoms with Crippen molar-refractivity contribution in [2.45, 2.75) is 6.04 Å². The molecular formula is C27H20N4O6. The zero-order valence-corrected chi connectivity index (χ0v) is 19.8. The fraction of sp³-hybridized carbons (Fsp3) is 0.111. The highest BCUT2D eigenvalue weighted by Gasteiger charge is 2.46. The number of ether oxygens (including phenoxy) is 2. The van der Waals surface area contributed by atoms with E-state index in [-0.39, 0.29) is 17.3 Å². The number of rotatable bonds is 6. The Bertz CT molecular complexity index is 1650. The Hall–Kier alpha value is -5.12. The molecule has 0 bridgehead atoms. The lowest BCUT2D eigenvalue weighted by atomic mass is 9.96. The maximum atomic E-state index is 13.7. The first-order valence-electron chi connectivity index (χ1n) is 11.3. The summed E-state index contributed by atoms with van der Waals surface area (Å²) in [7, 11) is 3.03. The number of aliphatic hydroxyl groups excluding tert-OH is 1. The van der Waals surface area contributed by atoms with Gasteiger partial charge in [0.2, 0.25) is 11.7 Å². The Morgan fingerprint density at radius 1 is 1.08 bits per heavy atom. The molecule has 1 atom stereocenters. The van der Waals surface area contributed by atoms with E-state index in [1.165, 1.54) is 25.3 Å². The lowest BCUT2D eigenvalue weighted by Gasteiger charge is -2.23. The van der Waals surface area contributed by atoms with Gasteiger partial charge in [0, 0.05) is 29.9 Å². The number of nitrogens with zero attached hydrogens (tertiary/aromatic N) is 3. The molecule has 0 saturated heterocycles. The molecule has 2 aromatic carbocycles. The molecule has 2 N–H and O–H groups in total. The highest BCUT2D eigenvalue weighted by atomic mass is 16.5. The summed E-state index contributed by atoms with van der Waals surface area (Å²) in [6.07, 6.45) is 3.11. The number of amides is 1. The summed E-state index contributed by atoms with van der Waals surface area (Å²) in [5.41, 5.74) is 1.97. The zero-order chi connectivity index (χ0) is 25.7. The number of anilines is 1. The van der Waals surface area contributed by atoms with Crippen molar-refractivity contribution in [3.05, 3.63) is 89.6 Å². The molecule has 6 rings (SSSR count). The molecule has 1 amide bonds. The van der Waals surface area contributed by atoms with Crippen LogP contribution in [0.2, 0.25) is 0 Å². The minimum Gasteiger partial charge on any atom is -0.503 e. The molecule has 37 heavy (non-hydrogen) atoms. The van der Waals surface area contributed by atoms with E-state index in [1.807, 2.05) is 12.1 Å². The predicted molar refractivity (Wildman–Crippen MR) is 134 cm³/mol. The van der Waals surface area contributed by atoms with Crippen molar-refractivity contribution >= 4 is 39.6 Å². The standard InChI is InChI=1S/C27H20N4O6/c1-35-19-11-16-17(12-20(19)36-2)30-27(29-16)31-23(15-7-5-9-28-13-15)22(25(33)26(31)34)24(32)21-10-14-6-3-4-8-18(14)37-21/h3-13,23,33H,1-2H3,(H,29,30). The Balaban J connectivity index is 1.49. The number of Topliss-reactive ketones (excluding diaryl/α,β-unsaturated/α-hetero) is 1. The van der Waals surface area contributed by atoms with Crippen molar-refractivity contribution in [1.82, 2.24) is 15.0 Å². The molecule has 10 nitrogen and oxygen atoms in total. The van der Waals surface area contributed by atoms with Crippen LogP contribution in [-0.4, -0.2) is 46.0 Å². The van der Waals surface area contributed by atoms with Crippen molar-refractivity contribution in [2.24, 2.45) is 0 Å². The normalized spacial score (nSPS) is 15.7. The Morgan fingerprint density at radius 3 is 2.59 bits per heavy atom. The van der Waals surface area contributed by atoms with Gasteiger partial charge in [-0.15, -0.1) is 0 Å². The largest absolute Gasteiger partial charge is 0.503 e. The summed E-state index contributed by atoms with van der Waals surface area (Å²) in [4.78, 5) is 40.2. The van der Waals surface area contributed by atoms with Gasteiger partial charge < -0.3 is 24.0 Å². The maximum absolute atomic E-state index is 13.7. The number of carbonyl (C=O) groups is 2. The molecule has 4 heterocycles. The van der Waals surface area contributed by atoms with Gasteiger partial charge in [0.25, 0.3) is 5.91 Å². The van der Waals surface area contributed by atoms with E-state index in [4.69, 9.17) is 13.9 Å². The second-order valence-electron chi connectivity index (χ2n) is 8.39. The van der Waals surface area contributed by atoms with E-state index in [2.05, 4.69) is 15.0 Å². The lowest BCUT2D eigenvalue weighted by molar-refractivity contribution is -0.117. The average Bonchev–Trinajstić information content (AvgIpc) is 3.61. The van der Waals surface area contributed by atoms with E-state index >= 15 is 0 Å². The lowest BCUT2D eigenvalue weighted by Crippen LogP contribution is -2.32. The first-order chi connectivity index (χ1) is 18.0. The number of hydrogen-bond acceptors (Lipinski definition) is 8. The Kier molecular flexibility index (Phi) is 5.15. The summed E-state index contributed by atoms with van der Waals surface area (Å²) in [6.45, 7) is 0. The van der Waals surface area contributed by atoms with Crippen molar-refractivity contribution in [2.75, 3.05) is 19.1 Å². The van der Waals surface area contributed by atoms with Crippen LogP contribution in [0, 0.1) is 0 Å². The number of furan rings is 1. The number of benzene rings is 2. The van der Waals surface area contributed by atoms with Crippen molar-refractivity contribution in [1.29, 1.82) is 0 Å². The van der Waals surface area contributed by atoms with Crippen molar-refractivity contribution < 1.29 is 28.6 Å². The molecule has 0 saturated carbocycles. The summed E-state index contributed by atoms with van der Waals surface area (Å²) >= 11 is 0. The van der Waals surface area contributed by atoms with Crippen molar-refractivity contribution in [3.8, 4) is 11.5 Å². The fourth-order valence-electron chi connectivity index (χ4n) is 4.57. The van der Waals surface area contributed by atoms with Crippen LogP contribution in [0.15, 0.2) is 82.7 Å². The zero-order valence-electron chi connectivity index (χ0n) is 19.8. The highest BCUT2D eigenvalue weighted by Crippen LogP contribution is 2.42. The third-order valence-electron chi connectivity index (χ3n) is 6.31. The van der Waals surface area contributed by atoms with Crippen LogP contribution in [0.25, 0.3) is 22.0 Å². The van der Waals surface area contributed by atoms with Crippen LogP contribution in [-0.2, 0) is 4.79 Å². The number of para-hydroxylation sites is 1. The smallest absolute Gasteiger partial charge is 0.296 e. The van der Waals surface area contributed by atoms with Gasteiger partial charge >= 0.3 is 0 Å². The number of nitrogens with one attached hydrogen (secondary N) is 1. The first-order valence-corrected chi connectivity index (χ1v) is 11.3. The SMILES string of the molecule is COc1cc2nc(N3C(=O)C(O)=C(C(=O)c4cc5ccccc5o4)C3c3cccnc3)[nH]c2cc1OC. The molecule has 10 heteroatoms. The van der Waals surface area contributed by atoms with Crippen molar-refractivity contribution in [3.63, 3.8) is 0 Å². The number of hydrogen-bond donors (Lipinski definition) is 2. The number of ketones is 1. The molecule has 5 aromatic rings. The second-order valence-corrected chi connectivity index (χ2v) is 8.39. The average molecular weight is 496 g/mol. The van der Waals surface area contributed by atoms with Gasteiger partial charge in [-0.1, -0.05) is 24.3 Å². The van der Waals surface area contributed by atoms with Crippen LogP contribution in [0.1, 0.15) is 22.2 Å². The van der Waals surface area contributed by atoms with Gasteiger partial charge in [0.1, 0.15) is 5.58 Å². The Morgan fingerprint density at radius 2 is 1.86 bits per heavy atom. The van der Waals surface area contributed by atoms with E-state index in [0.29, 0.717) is 33.7 Å². The highest BCUT2D eigenvalue weighted by molar-refractivity contribution is 6.20. The van der Waals surface area contributed by atoms with Crippen LogP contribution in [0.4, 0.5) is 5.95 Å². The van der Waals surface area contributed by atoms with Crippen LogP contribution >= 0.6 is 0 Å². The van der Waals surface area contributed by atoms with Gasteiger partial charge in [0.15, 0.2) is 23.0 Å². The van der Waals surface area contributed by atoms with E-state index in [1.54, 1.807) is 48.7 Å².